The number of rotatable bonds is 8. The molecule has 0 spiro atoms. The summed E-state index contributed by atoms with van der Waals surface area (Å²) in [5.74, 6) is 1.95. The molecule has 0 aliphatic heterocycles. The Morgan fingerprint density at radius 2 is 1.44 bits per heavy atom. The SMILES string of the molecule is O=C(NCCC(c1ccccc1)c1ccccc1)C12CC3CC(C1)CC(C(=O)Nc1ccn[nH]1)(C3)C2. The van der Waals surface area contributed by atoms with Crippen molar-refractivity contribution in [1.29, 1.82) is 0 Å². The summed E-state index contributed by atoms with van der Waals surface area (Å²) in [7, 11) is 0. The molecule has 1 heterocycles. The van der Waals surface area contributed by atoms with E-state index in [1.165, 1.54) is 11.1 Å². The van der Waals surface area contributed by atoms with Crippen LogP contribution in [0.4, 0.5) is 5.82 Å². The lowest BCUT2D eigenvalue weighted by Crippen LogP contribution is -2.60. The predicted octanol–water partition coefficient (Wildman–Crippen LogP) is 5.27. The van der Waals surface area contributed by atoms with Gasteiger partial charge in [-0.15, -0.1) is 0 Å². The van der Waals surface area contributed by atoms with Crippen molar-refractivity contribution in [3.05, 3.63) is 84.1 Å². The molecule has 4 fully saturated rings. The van der Waals surface area contributed by atoms with Gasteiger partial charge in [0.2, 0.25) is 11.8 Å². The lowest BCUT2D eigenvalue weighted by atomic mass is 9.43. The van der Waals surface area contributed by atoms with Gasteiger partial charge < -0.3 is 10.6 Å². The molecule has 0 radical (unpaired) electrons. The zero-order chi connectivity index (χ0) is 24.6. The van der Waals surface area contributed by atoms with Crippen molar-refractivity contribution < 1.29 is 9.59 Å². The van der Waals surface area contributed by atoms with Crippen molar-refractivity contribution in [2.45, 2.75) is 50.9 Å². The zero-order valence-corrected chi connectivity index (χ0v) is 20.6. The molecule has 3 N–H and O–H groups in total. The molecule has 2 aromatic carbocycles. The summed E-state index contributed by atoms with van der Waals surface area (Å²) in [6, 6.07) is 22.8. The Morgan fingerprint density at radius 1 is 0.861 bits per heavy atom. The van der Waals surface area contributed by atoms with Crippen molar-refractivity contribution in [2.75, 3.05) is 11.9 Å². The molecule has 0 saturated heterocycles. The van der Waals surface area contributed by atoms with E-state index in [1.807, 2.05) is 12.1 Å². The Kier molecular flexibility index (Phi) is 5.90. The third-order valence-electron chi connectivity index (χ3n) is 8.90. The van der Waals surface area contributed by atoms with Gasteiger partial charge in [-0.2, -0.15) is 5.10 Å². The van der Waals surface area contributed by atoms with Gasteiger partial charge in [0.05, 0.1) is 17.0 Å². The number of carbonyl (C=O) groups is 2. The molecular formula is C30H34N4O2. The van der Waals surface area contributed by atoms with E-state index >= 15 is 0 Å². The van der Waals surface area contributed by atoms with Crippen molar-refractivity contribution in [1.82, 2.24) is 15.5 Å². The quantitative estimate of drug-likeness (QED) is 0.409. The number of aromatic amines is 1. The lowest BCUT2D eigenvalue weighted by Gasteiger charge is -2.60. The van der Waals surface area contributed by atoms with E-state index in [4.69, 9.17) is 0 Å². The van der Waals surface area contributed by atoms with Crippen LogP contribution < -0.4 is 10.6 Å². The second-order valence-corrected chi connectivity index (χ2v) is 11.4. The Labute approximate surface area is 212 Å². The first-order chi connectivity index (χ1) is 17.6. The molecule has 4 bridgehead atoms. The van der Waals surface area contributed by atoms with Crippen LogP contribution in [0.15, 0.2) is 72.9 Å². The number of nitrogens with one attached hydrogen (secondary N) is 3. The van der Waals surface area contributed by atoms with Crippen LogP contribution in [0, 0.1) is 22.7 Å². The third-order valence-corrected chi connectivity index (χ3v) is 8.90. The van der Waals surface area contributed by atoms with Gasteiger partial charge in [-0.05, 0) is 67.9 Å². The number of hydrogen-bond acceptors (Lipinski definition) is 3. The van der Waals surface area contributed by atoms with Crippen LogP contribution in [0.5, 0.6) is 0 Å². The number of anilines is 1. The van der Waals surface area contributed by atoms with Gasteiger partial charge in [0.1, 0.15) is 5.82 Å². The number of benzene rings is 2. The smallest absolute Gasteiger partial charge is 0.231 e. The molecule has 1 aromatic heterocycles. The minimum absolute atomic E-state index is 0.0474. The van der Waals surface area contributed by atoms with Crippen LogP contribution in [0.3, 0.4) is 0 Å². The maximum Gasteiger partial charge on any atom is 0.231 e. The average molecular weight is 483 g/mol. The highest BCUT2D eigenvalue weighted by Gasteiger charge is 2.63. The lowest BCUT2D eigenvalue weighted by molar-refractivity contribution is -0.164. The summed E-state index contributed by atoms with van der Waals surface area (Å²) in [4.78, 5) is 27.2. The maximum absolute atomic E-state index is 13.8. The Balaban J connectivity index is 1.16. The molecular weight excluding hydrogens is 448 g/mol. The second-order valence-electron chi connectivity index (χ2n) is 11.4. The van der Waals surface area contributed by atoms with Gasteiger partial charge >= 0.3 is 0 Å². The van der Waals surface area contributed by atoms with Crippen LogP contribution in [0.25, 0.3) is 0 Å². The molecule has 4 aliphatic carbocycles. The molecule has 4 saturated carbocycles. The molecule has 6 heteroatoms. The molecule has 2 atom stereocenters. The highest BCUT2D eigenvalue weighted by molar-refractivity contribution is 5.96. The summed E-state index contributed by atoms with van der Waals surface area (Å²) in [5.41, 5.74) is 1.65. The molecule has 4 aliphatic rings. The molecule has 2 amide bonds. The normalized spacial score (nSPS) is 28.2. The topological polar surface area (TPSA) is 86.9 Å². The molecule has 6 nitrogen and oxygen atoms in total. The van der Waals surface area contributed by atoms with Crippen LogP contribution in [0.1, 0.15) is 62.0 Å². The van der Waals surface area contributed by atoms with Gasteiger partial charge in [0.25, 0.3) is 0 Å². The first kappa shape index (κ1) is 23.0. The highest BCUT2D eigenvalue weighted by atomic mass is 16.2. The summed E-state index contributed by atoms with van der Waals surface area (Å²) >= 11 is 0. The summed E-state index contributed by atoms with van der Waals surface area (Å²) in [6.45, 7) is 0.623. The van der Waals surface area contributed by atoms with E-state index in [9.17, 15) is 9.59 Å². The molecule has 3 aromatic rings. The van der Waals surface area contributed by atoms with Crippen LogP contribution >= 0.6 is 0 Å². The fraction of sp³-hybridized carbons (Fsp3) is 0.433. The van der Waals surface area contributed by atoms with E-state index in [0.29, 0.717) is 30.6 Å². The van der Waals surface area contributed by atoms with Crippen molar-refractivity contribution in [2.24, 2.45) is 22.7 Å². The van der Waals surface area contributed by atoms with E-state index in [2.05, 4.69) is 69.4 Å². The molecule has 7 rings (SSSR count). The van der Waals surface area contributed by atoms with Gasteiger partial charge in [-0.1, -0.05) is 60.7 Å². The first-order valence-corrected chi connectivity index (χ1v) is 13.2. The van der Waals surface area contributed by atoms with E-state index in [-0.39, 0.29) is 17.7 Å². The first-order valence-electron chi connectivity index (χ1n) is 13.2. The summed E-state index contributed by atoms with van der Waals surface area (Å²) in [6.07, 6.45) is 7.89. The van der Waals surface area contributed by atoms with Crippen molar-refractivity contribution in [3.8, 4) is 0 Å². The zero-order valence-electron chi connectivity index (χ0n) is 20.6. The average Bonchev–Trinajstić information content (AvgIpc) is 3.40. The molecule has 186 valence electrons. The second kappa shape index (κ2) is 9.23. The van der Waals surface area contributed by atoms with Crippen molar-refractivity contribution >= 4 is 17.6 Å². The number of nitrogens with zero attached hydrogens (tertiary/aromatic N) is 1. The van der Waals surface area contributed by atoms with Gasteiger partial charge in [-0.3, -0.25) is 14.7 Å². The Hall–Kier alpha value is -3.41. The van der Waals surface area contributed by atoms with Crippen LogP contribution in [-0.2, 0) is 9.59 Å². The van der Waals surface area contributed by atoms with Gasteiger partial charge in [0.15, 0.2) is 0 Å². The Bertz CT molecular complexity index is 1150. The van der Waals surface area contributed by atoms with Gasteiger partial charge in [-0.25, -0.2) is 0 Å². The fourth-order valence-electron chi connectivity index (χ4n) is 7.79. The minimum Gasteiger partial charge on any atom is -0.356 e. The van der Waals surface area contributed by atoms with Crippen LogP contribution in [-0.4, -0.2) is 28.6 Å². The van der Waals surface area contributed by atoms with Crippen molar-refractivity contribution in [3.63, 3.8) is 0 Å². The fourth-order valence-corrected chi connectivity index (χ4v) is 7.79. The van der Waals surface area contributed by atoms with Crippen LogP contribution in [0.2, 0.25) is 0 Å². The monoisotopic (exact) mass is 482 g/mol. The standard InChI is InChI=1S/C30H34N4O2/c35-27(31-13-11-25(23-7-3-1-4-8-23)24-9-5-2-6-10-24)29-16-21-15-22(17-29)19-30(18-21,20-29)28(36)33-26-12-14-32-34-26/h1-10,12,14,21-22,25H,11,13,15-20H2,(H,31,35)(H2,32,33,34,36). The van der Waals surface area contributed by atoms with E-state index in [1.54, 1.807) is 12.3 Å². The maximum atomic E-state index is 13.8. The third kappa shape index (κ3) is 4.23. The number of H-pyrrole nitrogens is 1. The summed E-state index contributed by atoms with van der Waals surface area (Å²) < 4.78 is 0. The largest absolute Gasteiger partial charge is 0.356 e. The highest BCUT2D eigenvalue weighted by Crippen LogP contribution is 2.65. The number of carbonyl (C=O) groups excluding carboxylic acids is 2. The number of aromatic nitrogens is 2. The summed E-state index contributed by atoms with van der Waals surface area (Å²) in [5, 5.41) is 13.2. The molecule has 2 unspecified atom stereocenters. The number of amides is 2. The van der Waals surface area contributed by atoms with E-state index in [0.717, 1.165) is 38.5 Å². The van der Waals surface area contributed by atoms with Gasteiger partial charge in [0, 0.05) is 18.5 Å². The molecule has 36 heavy (non-hydrogen) atoms. The number of hydrogen-bond donors (Lipinski definition) is 3. The predicted molar refractivity (Wildman–Crippen MR) is 139 cm³/mol. The Morgan fingerprint density at radius 3 is 2.00 bits per heavy atom. The van der Waals surface area contributed by atoms with E-state index < -0.39 is 10.8 Å². The minimum atomic E-state index is -0.455.